The fourth-order valence-corrected chi connectivity index (χ4v) is 2.40. The molecule has 0 bridgehead atoms. The van der Waals surface area contributed by atoms with Crippen molar-refractivity contribution in [2.24, 2.45) is 5.92 Å². The summed E-state index contributed by atoms with van der Waals surface area (Å²) < 4.78 is 7.68. The molecule has 0 saturated heterocycles. The van der Waals surface area contributed by atoms with Gasteiger partial charge in [-0.2, -0.15) is 5.10 Å². The van der Waals surface area contributed by atoms with Gasteiger partial charge in [0.2, 0.25) is 5.91 Å². The number of ether oxygens (including phenoxy) is 1. The predicted octanol–water partition coefficient (Wildman–Crippen LogP) is 3.58. The molecule has 21 heavy (non-hydrogen) atoms. The number of benzene rings is 1. The Kier molecular flexibility index (Phi) is 5.25. The average molecular weight is 373 g/mol. The zero-order chi connectivity index (χ0) is 15.4. The Morgan fingerprint density at radius 3 is 2.90 bits per heavy atom. The Labute approximate surface area is 136 Å². The summed E-state index contributed by atoms with van der Waals surface area (Å²) in [6.45, 7) is 2.34. The molecule has 2 aromatic rings. The minimum atomic E-state index is -0.224. The number of amides is 1. The van der Waals surface area contributed by atoms with Gasteiger partial charge >= 0.3 is 0 Å². The minimum absolute atomic E-state index is 0.0946. The van der Waals surface area contributed by atoms with Crippen LogP contribution in [-0.4, -0.2) is 22.8 Å². The molecule has 1 amide bonds. The van der Waals surface area contributed by atoms with Crippen molar-refractivity contribution in [2.45, 2.75) is 13.5 Å². The molecule has 0 fully saturated rings. The van der Waals surface area contributed by atoms with Crippen LogP contribution in [0, 0.1) is 5.92 Å². The topological polar surface area (TPSA) is 56.1 Å². The first kappa shape index (κ1) is 15.9. The molecular weight excluding hydrogens is 358 g/mol. The van der Waals surface area contributed by atoms with Crippen molar-refractivity contribution in [3.8, 4) is 5.75 Å². The van der Waals surface area contributed by atoms with E-state index in [-0.39, 0.29) is 11.8 Å². The summed E-state index contributed by atoms with van der Waals surface area (Å²) >= 11 is 9.35. The van der Waals surface area contributed by atoms with E-state index >= 15 is 0 Å². The van der Waals surface area contributed by atoms with Crippen LogP contribution in [0.1, 0.15) is 6.92 Å². The Morgan fingerprint density at radius 2 is 2.33 bits per heavy atom. The van der Waals surface area contributed by atoms with Crippen LogP contribution >= 0.6 is 27.5 Å². The second kappa shape index (κ2) is 6.95. The highest BCUT2D eigenvalue weighted by Crippen LogP contribution is 2.27. The third-order valence-electron chi connectivity index (χ3n) is 2.93. The van der Waals surface area contributed by atoms with Gasteiger partial charge in [-0.05, 0) is 34.1 Å². The molecular formula is C14H15BrClN3O2. The van der Waals surface area contributed by atoms with Gasteiger partial charge in [-0.1, -0.05) is 18.5 Å². The standard InChI is InChI=1S/C14H15BrClN3O2/c1-9(7-19-8-10(15)6-17-19)14(20)18-11-3-4-13(21-2)12(16)5-11/h3-6,8-9H,7H2,1-2H3,(H,18,20)/t9-/m0/s1. The Hall–Kier alpha value is -1.53. The summed E-state index contributed by atoms with van der Waals surface area (Å²) in [4.78, 5) is 12.2. The number of nitrogens with one attached hydrogen (secondary N) is 1. The highest BCUT2D eigenvalue weighted by molar-refractivity contribution is 9.10. The number of hydrogen-bond acceptors (Lipinski definition) is 3. The molecule has 2 rings (SSSR count). The molecule has 0 aliphatic rings. The van der Waals surface area contributed by atoms with Crippen molar-refractivity contribution in [3.63, 3.8) is 0 Å². The number of halogens is 2. The molecule has 0 saturated carbocycles. The van der Waals surface area contributed by atoms with E-state index in [4.69, 9.17) is 16.3 Å². The minimum Gasteiger partial charge on any atom is -0.495 e. The lowest BCUT2D eigenvalue weighted by molar-refractivity contribution is -0.119. The Bertz CT molecular complexity index is 645. The molecule has 0 aliphatic heterocycles. The van der Waals surface area contributed by atoms with E-state index < -0.39 is 0 Å². The normalized spacial score (nSPS) is 12.0. The third kappa shape index (κ3) is 4.22. The van der Waals surface area contributed by atoms with Gasteiger partial charge in [-0.3, -0.25) is 9.48 Å². The van der Waals surface area contributed by atoms with E-state index in [2.05, 4.69) is 26.3 Å². The maximum Gasteiger partial charge on any atom is 0.229 e. The highest BCUT2D eigenvalue weighted by atomic mass is 79.9. The molecule has 1 aromatic heterocycles. The molecule has 1 N–H and O–H groups in total. The molecule has 112 valence electrons. The first-order valence-corrected chi connectivity index (χ1v) is 7.49. The second-order valence-corrected chi connectivity index (χ2v) is 5.94. The number of hydrogen-bond donors (Lipinski definition) is 1. The van der Waals surface area contributed by atoms with Gasteiger partial charge in [0.05, 0.1) is 35.3 Å². The lowest BCUT2D eigenvalue weighted by Crippen LogP contribution is -2.24. The Morgan fingerprint density at radius 1 is 1.57 bits per heavy atom. The van der Waals surface area contributed by atoms with Crippen LogP contribution in [0.4, 0.5) is 5.69 Å². The van der Waals surface area contributed by atoms with Crippen molar-refractivity contribution in [3.05, 3.63) is 40.1 Å². The molecule has 0 unspecified atom stereocenters. The maximum atomic E-state index is 12.2. The number of rotatable bonds is 5. The summed E-state index contributed by atoms with van der Waals surface area (Å²) in [6, 6.07) is 5.13. The third-order valence-corrected chi connectivity index (χ3v) is 3.63. The zero-order valence-electron chi connectivity index (χ0n) is 11.6. The van der Waals surface area contributed by atoms with Crippen molar-refractivity contribution in [2.75, 3.05) is 12.4 Å². The predicted molar refractivity (Wildman–Crippen MR) is 85.7 cm³/mol. The summed E-state index contributed by atoms with van der Waals surface area (Å²) in [7, 11) is 1.55. The summed E-state index contributed by atoms with van der Waals surface area (Å²) in [5.41, 5.74) is 0.638. The van der Waals surface area contributed by atoms with E-state index in [0.29, 0.717) is 23.0 Å². The first-order chi connectivity index (χ1) is 9.99. The lowest BCUT2D eigenvalue weighted by atomic mass is 10.1. The van der Waals surface area contributed by atoms with Gasteiger partial charge in [0.1, 0.15) is 5.75 Å². The molecule has 0 radical (unpaired) electrons. The summed E-state index contributed by atoms with van der Waals surface area (Å²) in [5, 5.41) is 7.42. The van der Waals surface area contributed by atoms with E-state index in [9.17, 15) is 4.79 Å². The van der Waals surface area contributed by atoms with E-state index in [1.165, 1.54) is 0 Å². The SMILES string of the molecule is COc1ccc(NC(=O)[C@@H](C)Cn2cc(Br)cn2)cc1Cl. The lowest BCUT2D eigenvalue weighted by Gasteiger charge is -2.13. The summed E-state index contributed by atoms with van der Waals surface area (Å²) in [6.07, 6.45) is 3.52. The maximum absolute atomic E-state index is 12.2. The number of carbonyl (C=O) groups is 1. The van der Waals surface area contributed by atoms with Crippen LogP contribution in [0.25, 0.3) is 0 Å². The number of methoxy groups -OCH3 is 1. The van der Waals surface area contributed by atoms with Gasteiger partial charge in [0.25, 0.3) is 0 Å². The number of aromatic nitrogens is 2. The van der Waals surface area contributed by atoms with Crippen molar-refractivity contribution in [1.29, 1.82) is 0 Å². The van der Waals surface area contributed by atoms with Crippen molar-refractivity contribution < 1.29 is 9.53 Å². The van der Waals surface area contributed by atoms with Crippen LogP contribution in [0.3, 0.4) is 0 Å². The van der Waals surface area contributed by atoms with E-state index in [0.717, 1.165) is 4.47 Å². The molecule has 5 nitrogen and oxygen atoms in total. The van der Waals surface area contributed by atoms with Crippen LogP contribution < -0.4 is 10.1 Å². The van der Waals surface area contributed by atoms with Crippen LogP contribution in [0.5, 0.6) is 5.75 Å². The van der Waals surface area contributed by atoms with Gasteiger partial charge in [0, 0.05) is 11.9 Å². The first-order valence-electron chi connectivity index (χ1n) is 6.32. The highest BCUT2D eigenvalue weighted by Gasteiger charge is 2.15. The Balaban J connectivity index is 1.98. The number of carbonyl (C=O) groups excluding carboxylic acids is 1. The monoisotopic (exact) mass is 371 g/mol. The average Bonchev–Trinajstić information content (AvgIpc) is 2.84. The van der Waals surface area contributed by atoms with Crippen LogP contribution in [0.2, 0.25) is 5.02 Å². The molecule has 1 aromatic carbocycles. The fraction of sp³-hybridized carbons (Fsp3) is 0.286. The van der Waals surface area contributed by atoms with Crippen LogP contribution in [0.15, 0.2) is 35.1 Å². The molecule has 0 spiro atoms. The fourth-order valence-electron chi connectivity index (χ4n) is 1.81. The van der Waals surface area contributed by atoms with Gasteiger partial charge in [-0.15, -0.1) is 0 Å². The van der Waals surface area contributed by atoms with Gasteiger partial charge in [0.15, 0.2) is 0 Å². The summed E-state index contributed by atoms with van der Waals surface area (Å²) in [5.74, 6) is 0.254. The van der Waals surface area contributed by atoms with Crippen LogP contribution in [-0.2, 0) is 11.3 Å². The smallest absolute Gasteiger partial charge is 0.229 e. The van der Waals surface area contributed by atoms with Gasteiger partial charge < -0.3 is 10.1 Å². The number of nitrogens with zero attached hydrogens (tertiary/aromatic N) is 2. The van der Waals surface area contributed by atoms with Crippen molar-refractivity contribution in [1.82, 2.24) is 9.78 Å². The van der Waals surface area contributed by atoms with Gasteiger partial charge in [-0.25, -0.2) is 0 Å². The largest absolute Gasteiger partial charge is 0.495 e. The quantitative estimate of drug-likeness (QED) is 0.873. The molecule has 7 heteroatoms. The molecule has 0 aliphatic carbocycles. The van der Waals surface area contributed by atoms with Crippen molar-refractivity contribution >= 4 is 39.1 Å². The molecule has 1 heterocycles. The zero-order valence-corrected chi connectivity index (χ0v) is 14.0. The van der Waals surface area contributed by atoms with E-state index in [1.807, 2.05) is 13.1 Å². The molecule has 1 atom stereocenters. The second-order valence-electron chi connectivity index (χ2n) is 4.62. The number of anilines is 1. The van der Waals surface area contributed by atoms with E-state index in [1.54, 1.807) is 36.2 Å².